The summed E-state index contributed by atoms with van der Waals surface area (Å²) in [4.78, 5) is 0. The fraction of sp³-hybridized carbons (Fsp3) is 0.800. The first-order chi connectivity index (χ1) is 5.22. The fourth-order valence-electron chi connectivity index (χ4n) is 0.882. The average Bonchev–Trinajstić information content (AvgIpc) is 2.03. The van der Waals surface area contributed by atoms with Crippen molar-refractivity contribution >= 4 is 0 Å². The van der Waals surface area contributed by atoms with Crippen LogP contribution in [0.2, 0.25) is 0 Å². The number of rotatable bonds is 5. The maximum atomic E-state index is 5.88. The zero-order valence-corrected chi connectivity index (χ0v) is 8.01. The van der Waals surface area contributed by atoms with E-state index in [0.717, 1.165) is 12.8 Å². The number of hydrogen-bond donors (Lipinski definition) is 1. The van der Waals surface area contributed by atoms with E-state index in [2.05, 4.69) is 32.9 Å². The third-order valence-corrected chi connectivity index (χ3v) is 2.11. The second-order valence-corrected chi connectivity index (χ2v) is 3.18. The summed E-state index contributed by atoms with van der Waals surface area (Å²) in [5, 5.41) is 0. The lowest BCUT2D eigenvalue weighted by atomic mass is 9.99. The van der Waals surface area contributed by atoms with Gasteiger partial charge < -0.3 is 5.73 Å². The highest BCUT2D eigenvalue weighted by atomic mass is 14.6. The van der Waals surface area contributed by atoms with Crippen LogP contribution in [0.5, 0.6) is 0 Å². The summed E-state index contributed by atoms with van der Waals surface area (Å²) < 4.78 is 0. The Kier molecular flexibility index (Phi) is 6.24. The molecule has 0 amide bonds. The Morgan fingerprint density at radius 1 is 1.36 bits per heavy atom. The maximum Gasteiger partial charge on any atom is 0.0249 e. The van der Waals surface area contributed by atoms with Crippen molar-refractivity contribution in [2.45, 2.75) is 46.1 Å². The molecule has 0 bridgehead atoms. The van der Waals surface area contributed by atoms with Crippen molar-refractivity contribution in [1.29, 1.82) is 0 Å². The summed E-state index contributed by atoms with van der Waals surface area (Å²) in [5.41, 5.74) is 5.88. The Morgan fingerprint density at radius 3 is 2.45 bits per heavy atom. The molecule has 0 rings (SSSR count). The second kappa shape index (κ2) is 6.41. The molecule has 66 valence electrons. The summed E-state index contributed by atoms with van der Waals surface area (Å²) in [6.45, 7) is 6.55. The molecule has 0 aliphatic rings. The van der Waals surface area contributed by atoms with Crippen molar-refractivity contribution in [2.75, 3.05) is 0 Å². The number of hydrogen-bond acceptors (Lipinski definition) is 1. The largest absolute Gasteiger partial charge is 0.324 e. The number of allylic oxidation sites excluding steroid dienone is 1. The van der Waals surface area contributed by atoms with Gasteiger partial charge in [-0.3, -0.25) is 0 Å². The van der Waals surface area contributed by atoms with Crippen molar-refractivity contribution < 1.29 is 0 Å². The van der Waals surface area contributed by atoms with Gasteiger partial charge in [-0.2, -0.15) is 0 Å². The van der Waals surface area contributed by atoms with Gasteiger partial charge in [-0.1, -0.05) is 45.8 Å². The van der Waals surface area contributed by atoms with E-state index in [4.69, 9.17) is 5.73 Å². The molecule has 11 heavy (non-hydrogen) atoms. The molecular weight excluding hydrogens is 134 g/mol. The zero-order chi connectivity index (χ0) is 8.69. The van der Waals surface area contributed by atoms with E-state index in [1.807, 2.05) is 0 Å². The molecule has 0 radical (unpaired) electrons. The highest BCUT2D eigenvalue weighted by molar-refractivity contribution is 4.93. The van der Waals surface area contributed by atoms with E-state index < -0.39 is 0 Å². The Morgan fingerprint density at radius 2 is 2.00 bits per heavy atom. The molecule has 0 aromatic carbocycles. The maximum absolute atomic E-state index is 5.88. The van der Waals surface area contributed by atoms with Crippen LogP contribution in [-0.4, -0.2) is 6.04 Å². The smallest absolute Gasteiger partial charge is 0.0249 e. The van der Waals surface area contributed by atoms with Crippen molar-refractivity contribution in [3.05, 3.63) is 12.2 Å². The van der Waals surface area contributed by atoms with E-state index in [1.54, 1.807) is 0 Å². The summed E-state index contributed by atoms with van der Waals surface area (Å²) in [7, 11) is 0. The van der Waals surface area contributed by atoms with Gasteiger partial charge in [0.2, 0.25) is 0 Å². The molecule has 1 heteroatoms. The van der Waals surface area contributed by atoms with Crippen LogP contribution in [0.3, 0.4) is 0 Å². The highest BCUT2D eigenvalue weighted by Crippen LogP contribution is 2.06. The molecule has 2 atom stereocenters. The first kappa shape index (κ1) is 10.7. The molecular formula is C10H21N. The Labute approximate surface area is 70.7 Å². The Bertz CT molecular complexity index is 107. The van der Waals surface area contributed by atoms with E-state index >= 15 is 0 Å². The lowest BCUT2D eigenvalue weighted by Gasteiger charge is -2.13. The van der Waals surface area contributed by atoms with Gasteiger partial charge in [-0.05, 0) is 12.3 Å². The van der Waals surface area contributed by atoms with Gasteiger partial charge in [0.05, 0.1) is 0 Å². The molecule has 1 unspecified atom stereocenters. The Hall–Kier alpha value is -0.300. The van der Waals surface area contributed by atoms with Gasteiger partial charge in [0.1, 0.15) is 0 Å². The van der Waals surface area contributed by atoms with Crippen LogP contribution in [0.15, 0.2) is 12.2 Å². The predicted molar refractivity (Wildman–Crippen MR) is 51.5 cm³/mol. The van der Waals surface area contributed by atoms with Crippen LogP contribution in [0.25, 0.3) is 0 Å². The first-order valence-corrected chi connectivity index (χ1v) is 4.64. The summed E-state index contributed by atoms with van der Waals surface area (Å²) in [5.74, 6) is 0.614. The van der Waals surface area contributed by atoms with Crippen LogP contribution in [0.1, 0.15) is 40.0 Å². The van der Waals surface area contributed by atoms with Gasteiger partial charge >= 0.3 is 0 Å². The zero-order valence-electron chi connectivity index (χ0n) is 8.01. The van der Waals surface area contributed by atoms with Crippen molar-refractivity contribution in [3.8, 4) is 0 Å². The van der Waals surface area contributed by atoms with E-state index in [-0.39, 0.29) is 6.04 Å². The van der Waals surface area contributed by atoms with Crippen LogP contribution in [-0.2, 0) is 0 Å². The van der Waals surface area contributed by atoms with Gasteiger partial charge in [0.25, 0.3) is 0 Å². The quantitative estimate of drug-likeness (QED) is 0.607. The second-order valence-electron chi connectivity index (χ2n) is 3.18. The third kappa shape index (κ3) is 5.02. The molecule has 0 aliphatic heterocycles. The molecule has 0 heterocycles. The van der Waals surface area contributed by atoms with Crippen LogP contribution >= 0.6 is 0 Å². The molecule has 1 nitrogen and oxygen atoms in total. The topological polar surface area (TPSA) is 26.0 Å². The minimum Gasteiger partial charge on any atom is -0.324 e. The summed E-state index contributed by atoms with van der Waals surface area (Å²) in [6.07, 6.45) is 7.86. The lowest BCUT2D eigenvalue weighted by molar-refractivity contribution is 0.502. The molecule has 0 fully saturated rings. The molecule has 0 spiro atoms. The predicted octanol–water partition coefficient (Wildman–Crippen LogP) is 2.72. The van der Waals surface area contributed by atoms with E-state index in [1.165, 1.54) is 6.42 Å². The number of unbranched alkanes of at least 4 members (excludes halogenated alkanes) is 1. The van der Waals surface area contributed by atoms with Gasteiger partial charge in [-0.25, -0.2) is 0 Å². The molecule has 0 saturated heterocycles. The lowest BCUT2D eigenvalue weighted by Crippen LogP contribution is -2.25. The average molecular weight is 155 g/mol. The molecule has 0 aliphatic carbocycles. The summed E-state index contributed by atoms with van der Waals surface area (Å²) in [6, 6.07) is 0.256. The summed E-state index contributed by atoms with van der Waals surface area (Å²) >= 11 is 0. The SMILES string of the molecule is CCCC=C[C@@H](N)C(C)CC. The monoisotopic (exact) mass is 155 g/mol. The van der Waals surface area contributed by atoms with E-state index in [9.17, 15) is 0 Å². The number of nitrogens with two attached hydrogens (primary N) is 1. The van der Waals surface area contributed by atoms with Crippen molar-refractivity contribution in [2.24, 2.45) is 11.7 Å². The fourth-order valence-corrected chi connectivity index (χ4v) is 0.882. The van der Waals surface area contributed by atoms with Gasteiger partial charge in [0, 0.05) is 6.04 Å². The van der Waals surface area contributed by atoms with Gasteiger partial charge in [0.15, 0.2) is 0 Å². The standard InChI is InChI=1S/C10H21N/c1-4-6-7-8-10(11)9(3)5-2/h7-10H,4-6,11H2,1-3H3/t9?,10-/m1/s1. The van der Waals surface area contributed by atoms with Crippen molar-refractivity contribution in [1.82, 2.24) is 0 Å². The van der Waals surface area contributed by atoms with Crippen LogP contribution in [0, 0.1) is 5.92 Å². The van der Waals surface area contributed by atoms with Crippen LogP contribution < -0.4 is 5.73 Å². The van der Waals surface area contributed by atoms with Gasteiger partial charge in [-0.15, -0.1) is 0 Å². The van der Waals surface area contributed by atoms with Crippen LogP contribution in [0.4, 0.5) is 0 Å². The Balaban J connectivity index is 3.57. The molecule has 0 saturated carbocycles. The molecule has 0 aromatic rings. The normalized spacial score (nSPS) is 17.1. The van der Waals surface area contributed by atoms with E-state index in [0.29, 0.717) is 5.92 Å². The molecule has 0 aromatic heterocycles. The minimum atomic E-state index is 0.256. The minimum absolute atomic E-state index is 0.256. The van der Waals surface area contributed by atoms with Crippen molar-refractivity contribution in [3.63, 3.8) is 0 Å². The third-order valence-electron chi connectivity index (χ3n) is 2.11. The first-order valence-electron chi connectivity index (χ1n) is 4.64. The molecule has 2 N–H and O–H groups in total. The highest BCUT2D eigenvalue weighted by Gasteiger charge is 2.05.